The molecule has 4 heteroatoms. The molecule has 0 aliphatic carbocycles. The van der Waals surface area contributed by atoms with Gasteiger partial charge in [-0.15, -0.1) is 0 Å². The molecule has 0 spiro atoms. The molecule has 0 saturated carbocycles. The van der Waals surface area contributed by atoms with E-state index < -0.39 is 5.60 Å². The van der Waals surface area contributed by atoms with Gasteiger partial charge in [-0.25, -0.2) is 0 Å². The Kier molecular flexibility index (Phi) is 6.30. The van der Waals surface area contributed by atoms with Gasteiger partial charge in [0.2, 0.25) is 0 Å². The summed E-state index contributed by atoms with van der Waals surface area (Å²) in [4.78, 5) is 0. The van der Waals surface area contributed by atoms with Crippen LogP contribution in [0.5, 0.6) is 5.75 Å². The molecule has 19 heavy (non-hydrogen) atoms. The summed E-state index contributed by atoms with van der Waals surface area (Å²) in [7, 11) is 0. The first-order valence-electron chi connectivity index (χ1n) is 6.71. The third-order valence-electron chi connectivity index (χ3n) is 2.89. The maximum absolute atomic E-state index is 10.2. The number of ether oxygens (including phenoxy) is 1. The molecule has 108 valence electrons. The number of likely N-dealkylation sites (N-methyl/N-ethyl adjacent to an activating group) is 1. The number of halogens is 1. The van der Waals surface area contributed by atoms with Crippen LogP contribution in [0.25, 0.3) is 0 Å². The molecule has 0 aromatic heterocycles. The lowest BCUT2D eigenvalue weighted by Gasteiger charge is -2.25. The summed E-state index contributed by atoms with van der Waals surface area (Å²) in [5.41, 5.74) is 0.283. The van der Waals surface area contributed by atoms with Crippen molar-refractivity contribution in [1.82, 2.24) is 5.32 Å². The molecule has 0 saturated heterocycles. The van der Waals surface area contributed by atoms with Gasteiger partial charge in [0.1, 0.15) is 18.0 Å². The second-order valence-corrected chi connectivity index (χ2v) is 6.32. The van der Waals surface area contributed by atoms with Crippen molar-refractivity contribution in [3.8, 4) is 5.75 Å². The lowest BCUT2D eigenvalue weighted by molar-refractivity contribution is 0.0124. The van der Waals surface area contributed by atoms with Crippen LogP contribution in [0.1, 0.15) is 39.2 Å². The third kappa shape index (κ3) is 5.51. The molecule has 3 nitrogen and oxygen atoms in total. The SMILES string of the molecule is CCNCC(C)(O)COc1ccc(Br)cc1C(C)C. The first-order valence-corrected chi connectivity index (χ1v) is 7.50. The van der Waals surface area contributed by atoms with Crippen molar-refractivity contribution < 1.29 is 9.84 Å². The minimum Gasteiger partial charge on any atom is -0.490 e. The zero-order valence-electron chi connectivity index (χ0n) is 12.2. The number of nitrogens with one attached hydrogen (secondary N) is 1. The van der Waals surface area contributed by atoms with E-state index in [9.17, 15) is 5.11 Å². The average molecular weight is 330 g/mol. The molecule has 1 aromatic rings. The van der Waals surface area contributed by atoms with Crippen LogP contribution >= 0.6 is 15.9 Å². The fourth-order valence-corrected chi connectivity index (χ4v) is 2.16. The second-order valence-electron chi connectivity index (χ2n) is 5.40. The van der Waals surface area contributed by atoms with E-state index in [1.54, 1.807) is 6.92 Å². The van der Waals surface area contributed by atoms with Crippen LogP contribution in [-0.2, 0) is 0 Å². The molecular formula is C15H24BrNO2. The minimum atomic E-state index is -0.864. The summed E-state index contributed by atoms with van der Waals surface area (Å²) in [6.45, 7) is 9.70. The van der Waals surface area contributed by atoms with Crippen LogP contribution in [0.15, 0.2) is 22.7 Å². The Morgan fingerprint density at radius 2 is 2.11 bits per heavy atom. The van der Waals surface area contributed by atoms with Crippen molar-refractivity contribution in [2.75, 3.05) is 19.7 Å². The van der Waals surface area contributed by atoms with Crippen LogP contribution in [0, 0.1) is 0 Å². The Bertz CT molecular complexity index is 405. The van der Waals surface area contributed by atoms with Crippen molar-refractivity contribution in [3.63, 3.8) is 0 Å². The van der Waals surface area contributed by atoms with E-state index in [4.69, 9.17) is 4.74 Å². The topological polar surface area (TPSA) is 41.5 Å². The van der Waals surface area contributed by atoms with Crippen LogP contribution in [-0.4, -0.2) is 30.4 Å². The molecule has 1 unspecified atom stereocenters. The molecule has 0 amide bonds. The molecule has 2 N–H and O–H groups in total. The maximum Gasteiger partial charge on any atom is 0.122 e. The van der Waals surface area contributed by atoms with Crippen LogP contribution in [0.2, 0.25) is 0 Å². The van der Waals surface area contributed by atoms with Gasteiger partial charge in [-0.05, 0) is 43.1 Å². The molecule has 0 radical (unpaired) electrons. The smallest absolute Gasteiger partial charge is 0.122 e. The molecule has 0 aliphatic heterocycles. The zero-order valence-corrected chi connectivity index (χ0v) is 13.8. The number of benzene rings is 1. The molecule has 1 rings (SSSR count). The lowest BCUT2D eigenvalue weighted by atomic mass is 10.0. The Labute approximate surface area is 124 Å². The van der Waals surface area contributed by atoms with E-state index in [0.29, 0.717) is 12.5 Å². The highest BCUT2D eigenvalue weighted by Gasteiger charge is 2.21. The van der Waals surface area contributed by atoms with Gasteiger partial charge in [0.05, 0.1) is 0 Å². The van der Waals surface area contributed by atoms with Crippen molar-refractivity contribution in [2.45, 2.75) is 39.2 Å². The van der Waals surface area contributed by atoms with Gasteiger partial charge < -0.3 is 15.2 Å². The minimum absolute atomic E-state index is 0.279. The van der Waals surface area contributed by atoms with Gasteiger partial charge >= 0.3 is 0 Å². The highest BCUT2D eigenvalue weighted by Crippen LogP contribution is 2.30. The van der Waals surface area contributed by atoms with E-state index in [1.807, 2.05) is 19.1 Å². The predicted octanol–water partition coefficient (Wildman–Crippen LogP) is 3.31. The lowest BCUT2D eigenvalue weighted by Crippen LogP contribution is -2.42. The second kappa shape index (κ2) is 7.27. The van der Waals surface area contributed by atoms with Gasteiger partial charge in [0.15, 0.2) is 0 Å². The maximum atomic E-state index is 10.2. The molecule has 0 heterocycles. The Morgan fingerprint density at radius 1 is 1.42 bits per heavy atom. The monoisotopic (exact) mass is 329 g/mol. The summed E-state index contributed by atoms with van der Waals surface area (Å²) in [6.07, 6.45) is 0. The first kappa shape index (κ1) is 16.5. The largest absolute Gasteiger partial charge is 0.490 e. The van der Waals surface area contributed by atoms with Gasteiger partial charge in [-0.3, -0.25) is 0 Å². The van der Waals surface area contributed by atoms with E-state index in [1.165, 1.54) is 0 Å². The van der Waals surface area contributed by atoms with E-state index in [2.05, 4.69) is 41.2 Å². The molecule has 0 bridgehead atoms. The summed E-state index contributed by atoms with van der Waals surface area (Å²) in [5, 5.41) is 13.3. The average Bonchev–Trinajstić information content (AvgIpc) is 2.35. The molecule has 1 atom stereocenters. The highest BCUT2D eigenvalue weighted by atomic mass is 79.9. The summed E-state index contributed by atoms with van der Waals surface area (Å²) in [5.74, 6) is 1.22. The van der Waals surface area contributed by atoms with Crippen LogP contribution in [0.4, 0.5) is 0 Å². The van der Waals surface area contributed by atoms with Gasteiger partial charge in [0.25, 0.3) is 0 Å². The fraction of sp³-hybridized carbons (Fsp3) is 0.600. The molecule has 0 aliphatic rings. The van der Waals surface area contributed by atoms with E-state index >= 15 is 0 Å². The number of rotatable bonds is 7. The van der Waals surface area contributed by atoms with Crippen molar-refractivity contribution in [2.24, 2.45) is 0 Å². The van der Waals surface area contributed by atoms with Gasteiger partial charge in [-0.2, -0.15) is 0 Å². The molecule has 1 aromatic carbocycles. The summed E-state index contributed by atoms with van der Waals surface area (Å²) < 4.78 is 6.85. The highest BCUT2D eigenvalue weighted by molar-refractivity contribution is 9.10. The van der Waals surface area contributed by atoms with E-state index in [0.717, 1.165) is 22.3 Å². The normalized spacial score (nSPS) is 14.5. The Balaban J connectivity index is 2.72. The van der Waals surface area contributed by atoms with Crippen molar-refractivity contribution in [3.05, 3.63) is 28.2 Å². The van der Waals surface area contributed by atoms with E-state index in [-0.39, 0.29) is 6.61 Å². The first-order chi connectivity index (χ1) is 8.85. The van der Waals surface area contributed by atoms with Gasteiger partial charge in [0, 0.05) is 11.0 Å². The Hall–Kier alpha value is -0.580. The standard InChI is InChI=1S/C15H24BrNO2/c1-5-17-9-15(4,18)10-19-14-7-6-12(16)8-13(14)11(2)3/h6-8,11,17-18H,5,9-10H2,1-4H3. The summed E-state index contributed by atoms with van der Waals surface area (Å²) >= 11 is 3.47. The number of hydrogen-bond acceptors (Lipinski definition) is 3. The number of hydrogen-bond donors (Lipinski definition) is 2. The quantitative estimate of drug-likeness (QED) is 0.806. The van der Waals surface area contributed by atoms with Crippen molar-refractivity contribution in [1.29, 1.82) is 0 Å². The Morgan fingerprint density at radius 3 is 2.68 bits per heavy atom. The molecule has 0 fully saturated rings. The fourth-order valence-electron chi connectivity index (χ4n) is 1.78. The van der Waals surface area contributed by atoms with Crippen LogP contribution in [0.3, 0.4) is 0 Å². The molecular weight excluding hydrogens is 306 g/mol. The van der Waals surface area contributed by atoms with Gasteiger partial charge in [-0.1, -0.05) is 36.7 Å². The zero-order chi connectivity index (χ0) is 14.5. The predicted molar refractivity (Wildman–Crippen MR) is 82.9 cm³/mol. The van der Waals surface area contributed by atoms with Crippen LogP contribution < -0.4 is 10.1 Å². The third-order valence-corrected chi connectivity index (χ3v) is 3.38. The summed E-state index contributed by atoms with van der Waals surface area (Å²) in [6, 6.07) is 5.97. The number of aliphatic hydroxyl groups is 1. The van der Waals surface area contributed by atoms with Crippen molar-refractivity contribution >= 4 is 15.9 Å².